The summed E-state index contributed by atoms with van der Waals surface area (Å²) in [5.74, 6) is -0.0630. The van der Waals surface area contributed by atoms with Crippen molar-refractivity contribution in [2.75, 3.05) is 19.6 Å². The summed E-state index contributed by atoms with van der Waals surface area (Å²) < 4.78 is 0. The highest BCUT2D eigenvalue weighted by Gasteiger charge is 2.24. The van der Waals surface area contributed by atoms with Crippen LogP contribution in [-0.4, -0.2) is 41.4 Å². The minimum atomic E-state index is -0.434. The van der Waals surface area contributed by atoms with E-state index in [1.165, 1.54) is 12.1 Å². The fourth-order valence-corrected chi connectivity index (χ4v) is 2.30. The van der Waals surface area contributed by atoms with E-state index in [0.29, 0.717) is 17.7 Å². The van der Waals surface area contributed by atoms with Crippen molar-refractivity contribution >= 4 is 24.0 Å². The molecule has 1 N–H and O–H groups in total. The topological polar surface area (TPSA) is 75.5 Å². The number of nitrogens with one attached hydrogen (secondary N) is 1. The van der Waals surface area contributed by atoms with Gasteiger partial charge in [-0.05, 0) is 26.0 Å². The Hall–Kier alpha value is -1.66. The molecule has 0 saturated carbocycles. The third-order valence-corrected chi connectivity index (χ3v) is 3.40. The van der Waals surface area contributed by atoms with Gasteiger partial charge in [0.25, 0.3) is 11.6 Å². The van der Waals surface area contributed by atoms with Gasteiger partial charge in [-0.2, -0.15) is 0 Å². The first-order valence-corrected chi connectivity index (χ1v) is 6.27. The van der Waals surface area contributed by atoms with Gasteiger partial charge in [-0.1, -0.05) is 0 Å². The van der Waals surface area contributed by atoms with Gasteiger partial charge in [0.1, 0.15) is 0 Å². The predicted octanol–water partition coefficient (Wildman–Crippen LogP) is 1.76. The van der Waals surface area contributed by atoms with Gasteiger partial charge in [-0.25, -0.2) is 0 Å². The number of carbonyl (C=O) groups is 1. The van der Waals surface area contributed by atoms with Gasteiger partial charge in [-0.15, -0.1) is 12.4 Å². The highest BCUT2D eigenvalue weighted by molar-refractivity contribution is 5.95. The molecule has 1 heterocycles. The summed E-state index contributed by atoms with van der Waals surface area (Å²) in [5.41, 5.74) is 1.07. The van der Waals surface area contributed by atoms with Crippen LogP contribution in [0.5, 0.6) is 0 Å². The van der Waals surface area contributed by atoms with Crippen molar-refractivity contribution in [3.8, 4) is 0 Å². The first kappa shape index (κ1) is 16.4. The van der Waals surface area contributed by atoms with Crippen LogP contribution in [0.2, 0.25) is 0 Å². The van der Waals surface area contributed by atoms with Crippen LogP contribution in [0, 0.1) is 17.0 Å². The number of halogens is 1. The molecule has 1 fully saturated rings. The van der Waals surface area contributed by atoms with Gasteiger partial charge >= 0.3 is 0 Å². The monoisotopic (exact) mass is 299 g/mol. The van der Waals surface area contributed by atoms with Crippen LogP contribution in [-0.2, 0) is 0 Å². The fraction of sp³-hybridized carbons (Fsp3) is 0.462. The van der Waals surface area contributed by atoms with Gasteiger partial charge in [-0.3, -0.25) is 14.9 Å². The molecule has 0 bridgehead atoms. The predicted molar refractivity (Wildman–Crippen MR) is 78.4 cm³/mol. The second-order valence-corrected chi connectivity index (χ2v) is 4.81. The normalized spacial score (nSPS) is 18.3. The maximum Gasteiger partial charge on any atom is 0.272 e. The summed E-state index contributed by atoms with van der Waals surface area (Å²) >= 11 is 0. The van der Waals surface area contributed by atoms with Crippen LogP contribution in [0.4, 0.5) is 5.69 Å². The van der Waals surface area contributed by atoms with Crippen LogP contribution in [0.3, 0.4) is 0 Å². The van der Waals surface area contributed by atoms with Crippen molar-refractivity contribution in [3.63, 3.8) is 0 Å². The molecule has 1 aromatic carbocycles. The van der Waals surface area contributed by atoms with Gasteiger partial charge in [0, 0.05) is 42.9 Å². The molecule has 2 rings (SSSR count). The molecule has 0 aromatic heterocycles. The zero-order valence-electron chi connectivity index (χ0n) is 11.5. The zero-order chi connectivity index (χ0) is 14.0. The summed E-state index contributed by atoms with van der Waals surface area (Å²) in [7, 11) is 0. The Morgan fingerprint density at radius 2 is 2.20 bits per heavy atom. The van der Waals surface area contributed by atoms with E-state index in [4.69, 9.17) is 0 Å². The van der Waals surface area contributed by atoms with Gasteiger partial charge in [0.05, 0.1) is 4.92 Å². The summed E-state index contributed by atoms with van der Waals surface area (Å²) in [5, 5.41) is 14.0. The molecule has 1 amide bonds. The van der Waals surface area contributed by atoms with Crippen molar-refractivity contribution in [2.45, 2.75) is 19.9 Å². The summed E-state index contributed by atoms with van der Waals surface area (Å²) in [6.07, 6.45) is 0. The van der Waals surface area contributed by atoms with Crippen LogP contribution >= 0.6 is 12.4 Å². The Morgan fingerprint density at radius 3 is 2.75 bits per heavy atom. The van der Waals surface area contributed by atoms with Crippen LogP contribution < -0.4 is 5.32 Å². The number of nitrogens with zero attached hydrogens (tertiary/aromatic N) is 2. The van der Waals surface area contributed by atoms with E-state index in [1.807, 2.05) is 6.92 Å². The molecule has 0 unspecified atom stereocenters. The third kappa shape index (κ3) is 3.26. The number of amides is 1. The number of nitro benzene ring substituents is 1. The maximum absolute atomic E-state index is 12.4. The quantitative estimate of drug-likeness (QED) is 0.667. The molecule has 1 atom stereocenters. The van der Waals surface area contributed by atoms with Crippen molar-refractivity contribution in [3.05, 3.63) is 39.4 Å². The molecular formula is C13H18ClN3O3. The molecular weight excluding hydrogens is 282 g/mol. The number of aryl methyl sites for hydroxylation is 1. The van der Waals surface area contributed by atoms with Gasteiger partial charge in [0.2, 0.25) is 0 Å². The summed E-state index contributed by atoms with van der Waals surface area (Å²) in [6, 6.07) is 4.66. The van der Waals surface area contributed by atoms with Crippen molar-refractivity contribution in [1.82, 2.24) is 10.2 Å². The molecule has 1 saturated heterocycles. The first-order chi connectivity index (χ1) is 9.00. The number of piperazine rings is 1. The molecule has 1 aliphatic heterocycles. The molecule has 6 nitrogen and oxygen atoms in total. The lowest BCUT2D eigenvalue weighted by Crippen LogP contribution is -2.52. The standard InChI is InChI=1S/C13H17N3O3.ClH/c1-9-7-11(3-4-12(9)16(18)19)13(17)15-6-5-14-8-10(15)2;/h3-4,7,10,14H,5-6,8H2,1-2H3;1H/t10-;/m0./s1. The molecule has 20 heavy (non-hydrogen) atoms. The SMILES string of the molecule is Cc1cc(C(=O)N2CCNC[C@@H]2C)ccc1[N+](=O)[O-].Cl. The maximum atomic E-state index is 12.4. The number of benzene rings is 1. The zero-order valence-corrected chi connectivity index (χ0v) is 12.3. The number of nitro groups is 1. The van der Waals surface area contributed by atoms with E-state index in [0.717, 1.165) is 13.1 Å². The van der Waals surface area contributed by atoms with Crippen LogP contribution in [0.15, 0.2) is 18.2 Å². The van der Waals surface area contributed by atoms with Crippen LogP contribution in [0.1, 0.15) is 22.8 Å². The van der Waals surface area contributed by atoms with E-state index >= 15 is 0 Å². The van der Waals surface area contributed by atoms with Crippen molar-refractivity contribution in [1.29, 1.82) is 0 Å². The average molecular weight is 300 g/mol. The molecule has 1 aliphatic rings. The highest BCUT2D eigenvalue weighted by Crippen LogP contribution is 2.20. The van der Waals surface area contributed by atoms with E-state index in [1.54, 1.807) is 17.9 Å². The molecule has 0 radical (unpaired) electrons. The van der Waals surface area contributed by atoms with Gasteiger partial charge < -0.3 is 10.2 Å². The van der Waals surface area contributed by atoms with Crippen molar-refractivity contribution < 1.29 is 9.72 Å². The van der Waals surface area contributed by atoms with Gasteiger partial charge in [0.15, 0.2) is 0 Å². The van der Waals surface area contributed by atoms with E-state index in [9.17, 15) is 14.9 Å². The van der Waals surface area contributed by atoms with Crippen molar-refractivity contribution in [2.24, 2.45) is 0 Å². The first-order valence-electron chi connectivity index (χ1n) is 6.27. The smallest absolute Gasteiger partial charge is 0.272 e. The largest absolute Gasteiger partial charge is 0.333 e. The Balaban J connectivity index is 0.00000200. The minimum Gasteiger partial charge on any atom is -0.333 e. The Morgan fingerprint density at radius 1 is 1.50 bits per heavy atom. The molecule has 1 aromatic rings. The second-order valence-electron chi connectivity index (χ2n) is 4.81. The molecule has 110 valence electrons. The lowest BCUT2D eigenvalue weighted by molar-refractivity contribution is -0.385. The number of rotatable bonds is 2. The number of hydrogen-bond acceptors (Lipinski definition) is 4. The van der Waals surface area contributed by atoms with E-state index in [-0.39, 0.29) is 30.0 Å². The lowest BCUT2D eigenvalue weighted by atomic mass is 10.1. The Labute approximate surface area is 123 Å². The highest BCUT2D eigenvalue weighted by atomic mass is 35.5. The molecule has 7 heteroatoms. The average Bonchev–Trinajstić information content (AvgIpc) is 2.38. The Kier molecular flexibility index (Phi) is 5.47. The third-order valence-electron chi connectivity index (χ3n) is 3.40. The van der Waals surface area contributed by atoms with E-state index < -0.39 is 4.92 Å². The minimum absolute atomic E-state index is 0. The number of hydrogen-bond donors (Lipinski definition) is 1. The molecule has 0 aliphatic carbocycles. The fourth-order valence-electron chi connectivity index (χ4n) is 2.30. The lowest BCUT2D eigenvalue weighted by Gasteiger charge is -2.34. The molecule has 0 spiro atoms. The van der Waals surface area contributed by atoms with Crippen LogP contribution in [0.25, 0.3) is 0 Å². The number of carbonyl (C=O) groups excluding carboxylic acids is 1. The van der Waals surface area contributed by atoms with E-state index in [2.05, 4.69) is 5.32 Å². The summed E-state index contributed by atoms with van der Waals surface area (Å²) in [4.78, 5) is 24.5. The summed E-state index contributed by atoms with van der Waals surface area (Å²) in [6.45, 7) is 5.86. The second kappa shape index (κ2) is 6.67. The Bertz CT molecular complexity index is 522.